The van der Waals surface area contributed by atoms with Gasteiger partial charge in [0.05, 0.1) is 18.7 Å². The average molecular weight is 543 g/mol. The molecule has 5 atom stereocenters. The highest BCUT2D eigenvalue weighted by atomic mass is 16.4. The molecule has 14 nitrogen and oxygen atoms in total. The van der Waals surface area contributed by atoms with Crippen LogP contribution in [0.3, 0.4) is 0 Å². The predicted octanol–water partition coefficient (Wildman–Crippen LogP) is -2.28. The molecule has 9 N–H and O–H groups in total. The maximum absolute atomic E-state index is 13.1. The molecule has 0 saturated carbocycles. The summed E-state index contributed by atoms with van der Waals surface area (Å²) in [5.41, 5.74) is 5.20. The van der Waals surface area contributed by atoms with Gasteiger partial charge in [-0.25, -0.2) is 4.79 Å². The first-order valence-electron chi connectivity index (χ1n) is 12.8. The zero-order chi connectivity index (χ0) is 29.0. The quantitative estimate of drug-likeness (QED) is 0.105. The molecule has 38 heavy (non-hydrogen) atoms. The average Bonchev–Trinajstić information content (AvgIpc) is 3.24. The molecule has 1 heterocycles. The van der Waals surface area contributed by atoms with Crippen molar-refractivity contribution in [3.63, 3.8) is 0 Å². The molecular formula is C24H42N6O8. The predicted molar refractivity (Wildman–Crippen MR) is 136 cm³/mol. The Bertz CT molecular complexity index is 865. The molecule has 0 aromatic rings. The number of hydrogen-bond acceptors (Lipinski definition) is 8. The molecule has 0 bridgehead atoms. The number of carbonyl (C=O) groups is 6. The topological polar surface area (TPSA) is 229 Å². The van der Waals surface area contributed by atoms with Gasteiger partial charge in [-0.3, -0.25) is 24.0 Å². The first-order chi connectivity index (χ1) is 17.7. The van der Waals surface area contributed by atoms with Gasteiger partial charge in [-0.15, -0.1) is 0 Å². The highest BCUT2D eigenvalue weighted by Gasteiger charge is 2.31. The molecule has 1 fully saturated rings. The lowest BCUT2D eigenvalue weighted by Gasteiger charge is -2.26. The van der Waals surface area contributed by atoms with Crippen molar-refractivity contribution in [2.45, 2.75) is 90.1 Å². The van der Waals surface area contributed by atoms with Gasteiger partial charge in [-0.2, -0.15) is 0 Å². The van der Waals surface area contributed by atoms with Crippen molar-refractivity contribution >= 4 is 35.5 Å². The third-order valence-electron chi connectivity index (χ3n) is 5.84. The van der Waals surface area contributed by atoms with Crippen LogP contribution >= 0.6 is 0 Å². The summed E-state index contributed by atoms with van der Waals surface area (Å²) in [5, 5.41) is 31.7. The first-order valence-corrected chi connectivity index (χ1v) is 12.8. The number of β-amino-alcohol motifs (C(OH)–C–C–N with tert-alkyl or cyclic N) is 1. The fourth-order valence-electron chi connectivity index (χ4n) is 3.95. The van der Waals surface area contributed by atoms with Gasteiger partial charge in [0.1, 0.15) is 18.1 Å². The van der Waals surface area contributed by atoms with E-state index in [1.807, 2.05) is 27.7 Å². The number of nitrogens with two attached hydrogens (primary N) is 1. The number of rotatable bonds is 16. The van der Waals surface area contributed by atoms with E-state index in [0.717, 1.165) is 0 Å². The number of primary amides is 1. The van der Waals surface area contributed by atoms with E-state index in [0.29, 0.717) is 0 Å². The molecule has 0 aromatic heterocycles. The minimum Gasteiger partial charge on any atom is -0.480 e. The van der Waals surface area contributed by atoms with Gasteiger partial charge in [0, 0.05) is 13.0 Å². The molecule has 0 radical (unpaired) electrons. The van der Waals surface area contributed by atoms with Gasteiger partial charge in [0.15, 0.2) is 0 Å². The summed E-state index contributed by atoms with van der Waals surface area (Å²) in [6.45, 7) is 7.08. The Morgan fingerprint density at radius 2 is 1.45 bits per heavy atom. The van der Waals surface area contributed by atoms with Crippen LogP contribution in [-0.4, -0.2) is 89.1 Å². The molecule has 1 aliphatic heterocycles. The summed E-state index contributed by atoms with van der Waals surface area (Å²) in [6, 6.07) is -4.12. The molecule has 0 unspecified atom stereocenters. The maximum Gasteiger partial charge on any atom is 0.326 e. The number of aliphatic carboxylic acids is 1. The van der Waals surface area contributed by atoms with Gasteiger partial charge >= 0.3 is 5.97 Å². The zero-order valence-corrected chi connectivity index (χ0v) is 22.4. The number of carbonyl (C=O) groups excluding carboxylic acids is 5. The Balaban J connectivity index is 2.87. The second-order valence-corrected chi connectivity index (χ2v) is 10.4. The highest BCUT2D eigenvalue weighted by molar-refractivity contribution is 5.94. The Labute approximate surface area is 222 Å². The third-order valence-corrected chi connectivity index (χ3v) is 5.84. The molecule has 1 saturated heterocycles. The van der Waals surface area contributed by atoms with Crippen molar-refractivity contribution in [1.82, 2.24) is 26.6 Å². The van der Waals surface area contributed by atoms with Crippen LogP contribution in [0.2, 0.25) is 0 Å². The Morgan fingerprint density at radius 3 is 1.95 bits per heavy atom. The van der Waals surface area contributed by atoms with E-state index in [1.165, 1.54) is 0 Å². The van der Waals surface area contributed by atoms with E-state index in [9.17, 15) is 39.0 Å². The Kier molecular flexibility index (Phi) is 13.7. The summed E-state index contributed by atoms with van der Waals surface area (Å²) < 4.78 is 0. The maximum atomic E-state index is 13.1. The lowest BCUT2D eigenvalue weighted by atomic mass is 10.00. The fraction of sp³-hybridized carbons (Fsp3) is 0.750. The molecule has 0 aliphatic carbocycles. The van der Waals surface area contributed by atoms with Gasteiger partial charge in [0.25, 0.3) is 0 Å². The van der Waals surface area contributed by atoms with Crippen molar-refractivity contribution in [2.75, 3.05) is 13.1 Å². The first kappa shape index (κ1) is 32.8. The molecule has 1 aliphatic rings. The largest absolute Gasteiger partial charge is 0.480 e. The minimum absolute atomic E-state index is 0.00191. The number of hydrogen-bond donors (Lipinski definition) is 8. The lowest BCUT2D eigenvalue weighted by Crippen LogP contribution is -2.57. The highest BCUT2D eigenvalue weighted by Crippen LogP contribution is 2.10. The van der Waals surface area contributed by atoms with Crippen LogP contribution in [0.1, 0.15) is 59.8 Å². The van der Waals surface area contributed by atoms with Gasteiger partial charge in [0.2, 0.25) is 29.5 Å². The standard InChI is InChI=1S/C24H42N6O8/c1-12(2)7-17(23(36)30-18(24(37)38)8-13(3)4)29-22(35)15(5-6-19(25)32)28-20(33)11-27-21(34)16-9-14(31)10-26-16/h12-18,26,31H,5-11H2,1-4H3,(H2,25,32)(H,27,34)(H,28,33)(H,29,35)(H,30,36)(H,37,38)/t14-,15+,16+,17+,18+/m1/s1. The number of carboxylic acid groups (broad SMARTS) is 1. The second kappa shape index (κ2) is 15.9. The molecule has 5 amide bonds. The van der Waals surface area contributed by atoms with Crippen LogP contribution in [0.15, 0.2) is 0 Å². The number of aliphatic hydroxyl groups is 1. The van der Waals surface area contributed by atoms with Gasteiger partial charge in [-0.1, -0.05) is 27.7 Å². The summed E-state index contributed by atoms with van der Waals surface area (Å²) in [6.07, 6.45) is -0.450. The lowest BCUT2D eigenvalue weighted by molar-refractivity contribution is -0.143. The van der Waals surface area contributed by atoms with Crippen LogP contribution in [0, 0.1) is 11.8 Å². The number of amides is 5. The third kappa shape index (κ3) is 12.3. The van der Waals surface area contributed by atoms with E-state index in [4.69, 9.17) is 5.73 Å². The second-order valence-electron chi connectivity index (χ2n) is 10.4. The summed E-state index contributed by atoms with van der Waals surface area (Å²) in [7, 11) is 0. The van der Waals surface area contributed by atoms with Crippen LogP contribution in [0.4, 0.5) is 0 Å². The minimum atomic E-state index is -1.24. The summed E-state index contributed by atoms with van der Waals surface area (Å²) >= 11 is 0. The fourth-order valence-corrected chi connectivity index (χ4v) is 3.95. The number of aliphatic hydroxyl groups excluding tert-OH is 1. The van der Waals surface area contributed by atoms with Crippen molar-refractivity contribution in [1.29, 1.82) is 0 Å². The Hall–Kier alpha value is -3.26. The van der Waals surface area contributed by atoms with Crippen molar-refractivity contribution in [3.8, 4) is 0 Å². The van der Waals surface area contributed by atoms with E-state index >= 15 is 0 Å². The van der Waals surface area contributed by atoms with Crippen LogP contribution in [0.5, 0.6) is 0 Å². The van der Waals surface area contributed by atoms with Gasteiger partial charge in [-0.05, 0) is 37.5 Å². The molecular weight excluding hydrogens is 500 g/mol. The van der Waals surface area contributed by atoms with E-state index < -0.39 is 72.3 Å². The van der Waals surface area contributed by atoms with Crippen molar-refractivity contribution < 1.29 is 39.0 Å². The molecule has 14 heteroatoms. The van der Waals surface area contributed by atoms with E-state index in [-0.39, 0.29) is 50.5 Å². The number of nitrogens with one attached hydrogen (secondary N) is 5. The molecule has 1 rings (SSSR count). The smallest absolute Gasteiger partial charge is 0.326 e. The van der Waals surface area contributed by atoms with Crippen molar-refractivity contribution in [2.24, 2.45) is 17.6 Å². The van der Waals surface area contributed by atoms with E-state index in [2.05, 4.69) is 26.6 Å². The van der Waals surface area contributed by atoms with E-state index in [1.54, 1.807) is 0 Å². The monoisotopic (exact) mass is 542 g/mol. The summed E-state index contributed by atoms with van der Waals surface area (Å²) in [5.74, 6) is -4.59. The van der Waals surface area contributed by atoms with Crippen molar-refractivity contribution in [3.05, 3.63) is 0 Å². The normalized spacial score (nSPS) is 19.3. The van der Waals surface area contributed by atoms with Crippen LogP contribution in [0.25, 0.3) is 0 Å². The zero-order valence-electron chi connectivity index (χ0n) is 22.4. The molecule has 0 aromatic carbocycles. The SMILES string of the molecule is CC(C)C[C@H](NC(=O)[C@H](CC(C)C)NC(=O)[C@H](CCC(N)=O)NC(=O)CNC(=O)[C@@H]1C[C@@H](O)CN1)C(=O)O. The van der Waals surface area contributed by atoms with Gasteiger partial charge < -0.3 is 42.5 Å². The Morgan fingerprint density at radius 1 is 0.895 bits per heavy atom. The van der Waals surface area contributed by atoms with Crippen LogP contribution in [-0.2, 0) is 28.8 Å². The molecule has 0 spiro atoms. The molecule has 216 valence electrons. The number of carboxylic acids is 1. The van der Waals surface area contributed by atoms with Crippen LogP contribution < -0.4 is 32.3 Å². The summed E-state index contributed by atoms with van der Waals surface area (Å²) in [4.78, 5) is 73.5.